The molecule has 0 saturated carbocycles. The number of carbonyl (C=O) groups is 4. The summed E-state index contributed by atoms with van der Waals surface area (Å²) in [5.74, 6) is -3.41. The van der Waals surface area contributed by atoms with Gasteiger partial charge in [0, 0.05) is 6.42 Å². The van der Waals surface area contributed by atoms with Crippen molar-refractivity contribution in [2.24, 2.45) is 0 Å². The number of rotatable bonds is 8. The maximum Gasteiger partial charge on any atom is 0.351 e. The van der Waals surface area contributed by atoms with Crippen molar-refractivity contribution in [3.63, 3.8) is 0 Å². The summed E-state index contributed by atoms with van der Waals surface area (Å²) in [4.78, 5) is 50.8. The highest BCUT2D eigenvalue weighted by Crippen LogP contribution is 2.53. The van der Waals surface area contributed by atoms with Crippen molar-refractivity contribution in [3.8, 4) is 0 Å². The number of Topliss-reactive ketones (excluding diaryl/α,β-unsaturated/α-hetero) is 1. The fourth-order valence-corrected chi connectivity index (χ4v) is 3.85. The molecular weight excluding hydrogens is 356 g/mol. The van der Waals surface area contributed by atoms with Crippen molar-refractivity contribution in [2.45, 2.75) is 63.6 Å². The highest BCUT2D eigenvalue weighted by molar-refractivity contribution is 6.22. The van der Waals surface area contributed by atoms with Gasteiger partial charge in [0.25, 0.3) is 5.60 Å². The molecule has 150 valence electrons. The molecule has 0 aromatic rings. The topological polar surface area (TPSA) is 105 Å². The monoisotopic (exact) mass is 382 g/mol. The minimum atomic E-state index is -2.28. The molecule has 8 nitrogen and oxygen atoms in total. The highest BCUT2D eigenvalue weighted by atomic mass is 16.6. The average Bonchev–Trinajstić information content (AvgIpc) is 2.92. The second-order valence-electron chi connectivity index (χ2n) is 6.61. The van der Waals surface area contributed by atoms with Crippen molar-refractivity contribution in [1.82, 2.24) is 0 Å². The van der Waals surface area contributed by atoms with Gasteiger partial charge in [0.1, 0.15) is 11.2 Å². The fourth-order valence-electron chi connectivity index (χ4n) is 3.85. The van der Waals surface area contributed by atoms with Crippen LogP contribution in [0.5, 0.6) is 0 Å². The van der Waals surface area contributed by atoms with Crippen LogP contribution < -0.4 is 0 Å². The summed E-state index contributed by atoms with van der Waals surface area (Å²) in [5.41, 5.74) is -4.05. The second kappa shape index (κ2) is 8.21. The lowest BCUT2D eigenvalue weighted by atomic mass is 9.83. The zero-order valence-corrected chi connectivity index (χ0v) is 16.2. The number of methoxy groups -OCH3 is 2. The first-order valence-electron chi connectivity index (χ1n) is 9.17. The van der Waals surface area contributed by atoms with E-state index in [0.29, 0.717) is 12.8 Å². The van der Waals surface area contributed by atoms with E-state index in [4.69, 9.17) is 18.9 Å². The number of hydrogen-bond acceptors (Lipinski definition) is 8. The lowest BCUT2D eigenvalue weighted by molar-refractivity contribution is -0.192. The molecule has 2 aliphatic rings. The molecule has 1 saturated heterocycles. The normalized spacial score (nSPS) is 26.7. The lowest BCUT2D eigenvalue weighted by Gasteiger charge is -2.39. The zero-order chi connectivity index (χ0) is 20.2. The van der Waals surface area contributed by atoms with E-state index in [-0.39, 0.29) is 25.0 Å². The molecule has 0 N–H and O–H groups in total. The molecule has 2 bridgehead atoms. The van der Waals surface area contributed by atoms with Gasteiger partial charge in [-0.05, 0) is 19.8 Å². The minimum absolute atomic E-state index is 0.0118. The number of esters is 3. The third-order valence-electron chi connectivity index (χ3n) is 5.08. The maximum absolute atomic E-state index is 12.8. The average molecular weight is 382 g/mol. The first kappa shape index (κ1) is 21.1. The Morgan fingerprint density at radius 1 is 1.04 bits per heavy atom. The number of hydrogen-bond donors (Lipinski definition) is 0. The molecule has 2 rings (SSSR count). The molecule has 2 aliphatic heterocycles. The van der Waals surface area contributed by atoms with E-state index in [1.54, 1.807) is 6.92 Å². The van der Waals surface area contributed by atoms with Gasteiger partial charge in [0.05, 0.1) is 26.4 Å². The third kappa shape index (κ3) is 3.26. The Labute approximate surface area is 158 Å². The smallest absolute Gasteiger partial charge is 0.351 e. The van der Waals surface area contributed by atoms with E-state index in [1.165, 1.54) is 7.11 Å². The summed E-state index contributed by atoms with van der Waals surface area (Å²) in [7, 11) is 2.28. The Balaban J connectivity index is 2.72. The predicted molar refractivity (Wildman–Crippen MR) is 92.6 cm³/mol. The lowest BCUT2D eigenvalue weighted by Crippen LogP contribution is -2.56. The molecule has 2 heterocycles. The van der Waals surface area contributed by atoms with Crippen LogP contribution in [0.15, 0.2) is 11.1 Å². The summed E-state index contributed by atoms with van der Waals surface area (Å²) < 4.78 is 20.7. The molecule has 0 unspecified atom stereocenters. The third-order valence-corrected chi connectivity index (χ3v) is 5.08. The zero-order valence-electron chi connectivity index (χ0n) is 16.2. The Hall–Kier alpha value is -2.22. The van der Waals surface area contributed by atoms with Crippen LogP contribution in [-0.2, 0) is 38.1 Å². The number of unbranched alkanes of at least 4 members (excludes halogenated alkanes) is 2. The molecule has 0 aliphatic carbocycles. The largest absolute Gasteiger partial charge is 0.466 e. The van der Waals surface area contributed by atoms with Gasteiger partial charge < -0.3 is 18.9 Å². The SMILES string of the molecule is CCCCC[C@]12CCC(=O)[C@](C(=O)OCC)(O1)C(C(=O)OC)=C2C(=O)OC. The number of carbonyl (C=O) groups excluding carboxylic acids is 4. The fraction of sp³-hybridized carbons (Fsp3) is 0.684. The van der Waals surface area contributed by atoms with E-state index < -0.39 is 40.5 Å². The summed E-state index contributed by atoms with van der Waals surface area (Å²) in [6, 6.07) is 0. The highest BCUT2D eigenvalue weighted by Gasteiger charge is 2.70. The molecule has 8 heteroatoms. The number of ketones is 1. The molecule has 1 fully saturated rings. The molecule has 0 aromatic carbocycles. The number of fused-ring (bicyclic) bond motifs is 2. The van der Waals surface area contributed by atoms with Crippen molar-refractivity contribution in [3.05, 3.63) is 11.1 Å². The molecule has 0 spiro atoms. The minimum Gasteiger partial charge on any atom is -0.466 e. The Kier molecular flexibility index (Phi) is 6.41. The van der Waals surface area contributed by atoms with Crippen LogP contribution in [0.2, 0.25) is 0 Å². The second-order valence-corrected chi connectivity index (χ2v) is 6.61. The summed E-state index contributed by atoms with van der Waals surface area (Å²) in [6.07, 6.45) is 3.03. The molecule has 0 aromatic heterocycles. The van der Waals surface area contributed by atoms with Crippen LogP contribution in [0.4, 0.5) is 0 Å². The van der Waals surface area contributed by atoms with Crippen LogP contribution in [0.1, 0.15) is 52.4 Å². The van der Waals surface area contributed by atoms with Crippen LogP contribution in [0.25, 0.3) is 0 Å². The van der Waals surface area contributed by atoms with Gasteiger partial charge in [-0.2, -0.15) is 0 Å². The van der Waals surface area contributed by atoms with Crippen LogP contribution in [0.3, 0.4) is 0 Å². The number of ether oxygens (including phenoxy) is 4. The Morgan fingerprint density at radius 3 is 2.22 bits per heavy atom. The van der Waals surface area contributed by atoms with Crippen LogP contribution in [-0.4, -0.2) is 55.7 Å². The van der Waals surface area contributed by atoms with E-state index in [1.807, 2.05) is 6.92 Å². The van der Waals surface area contributed by atoms with Gasteiger partial charge >= 0.3 is 17.9 Å². The van der Waals surface area contributed by atoms with Crippen molar-refractivity contribution < 1.29 is 38.1 Å². The van der Waals surface area contributed by atoms with E-state index >= 15 is 0 Å². The first-order valence-corrected chi connectivity index (χ1v) is 9.17. The van der Waals surface area contributed by atoms with Gasteiger partial charge in [-0.25, -0.2) is 14.4 Å². The van der Waals surface area contributed by atoms with Gasteiger partial charge in [-0.1, -0.05) is 26.2 Å². The van der Waals surface area contributed by atoms with Gasteiger partial charge in [0.2, 0.25) is 0 Å². The van der Waals surface area contributed by atoms with Crippen LogP contribution in [0, 0.1) is 0 Å². The standard InChI is InChI=1S/C19H26O8/c1-5-7-8-10-18-11-9-12(20)19(27-18,17(23)26-6-2)14(16(22)25-4)13(18)15(21)24-3/h5-11H2,1-4H3/t18-,19+/m1/s1. The molecule has 27 heavy (non-hydrogen) atoms. The molecule has 2 atom stereocenters. The van der Waals surface area contributed by atoms with Crippen molar-refractivity contribution >= 4 is 23.7 Å². The summed E-state index contributed by atoms with van der Waals surface area (Å²) >= 11 is 0. The van der Waals surface area contributed by atoms with Crippen molar-refractivity contribution in [1.29, 1.82) is 0 Å². The molecule has 0 radical (unpaired) electrons. The van der Waals surface area contributed by atoms with Crippen molar-refractivity contribution in [2.75, 3.05) is 20.8 Å². The molecule has 0 amide bonds. The van der Waals surface area contributed by atoms with Crippen LogP contribution >= 0.6 is 0 Å². The van der Waals surface area contributed by atoms with E-state index in [0.717, 1.165) is 20.0 Å². The predicted octanol–water partition coefficient (Wildman–Crippen LogP) is 1.64. The van der Waals surface area contributed by atoms with Gasteiger partial charge in [-0.3, -0.25) is 4.79 Å². The van der Waals surface area contributed by atoms with Gasteiger partial charge in [0.15, 0.2) is 5.78 Å². The first-order chi connectivity index (χ1) is 12.8. The molecular formula is C19H26O8. The Bertz CT molecular complexity index is 679. The quantitative estimate of drug-likeness (QED) is 0.270. The summed E-state index contributed by atoms with van der Waals surface area (Å²) in [5, 5.41) is 0. The van der Waals surface area contributed by atoms with E-state index in [2.05, 4.69) is 0 Å². The summed E-state index contributed by atoms with van der Waals surface area (Å²) in [6.45, 7) is 3.59. The Morgan fingerprint density at radius 2 is 1.67 bits per heavy atom. The van der Waals surface area contributed by atoms with Gasteiger partial charge in [-0.15, -0.1) is 0 Å². The maximum atomic E-state index is 12.8. The van der Waals surface area contributed by atoms with E-state index in [9.17, 15) is 19.2 Å².